The van der Waals surface area contributed by atoms with E-state index in [1.165, 1.54) is 6.08 Å². The molecule has 1 saturated carbocycles. The van der Waals surface area contributed by atoms with E-state index in [9.17, 15) is 8.42 Å². The highest BCUT2D eigenvalue weighted by Gasteiger charge is 2.26. The zero-order valence-corrected chi connectivity index (χ0v) is 12.1. The average Bonchev–Trinajstić information content (AvgIpc) is 3.13. The van der Waals surface area contributed by atoms with Crippen LogP contribution in [0.2, 0.25) is 0 Å². The summed E-state index contributed by atoms with van der Waals surface area (Å²) in [7, 11) is -3.57. The van der Waals surface area contributed by atoms with Crippen LogP contribution in [0.15, 0.2) is 34.3 Å². The van der Waals surface area contributed by atoms with Crippen molar-refractivity contribution in [3.05, 3.63) is 29.4 Å². The first-order chi connectivity index (χ1) is 8.53. The fourth-order valence-corrected chi connectivity index (χ4v) is 3.03. The standard InChI is InChI=1S/C11H14BrN3O2S/c1-2-5-14-18(16,17)10-6-8(12)7-13-11(10)15-9-3-4-9/h2,6-7,9,14H,1,3-5H2,(H,13,15). The van der Waals surface area contributed by atoms with Gasteiger partial charge in [0.15, 0.2) is 0 Å². The number of rotatable bonds is 6. The summed E-state index contributed by atoms with van der Waals surface area (Å²) in [5, 5.41) is 3.12. The molecule has 1 heterocycles. The van der Waals surface area contributed by atoms with Gasteiger partial charge in [-0.2, -0.15) is 0 Å². The third-order valence-corrected chi connectivity index (χ3v) is 4.32. The van der Waals surface area contributed by atoms with Crippen LogP contribution in [-0.2, 0) is 10.0 Å². The monoisotopic (exact) mass is 331 g/mol. The Morgan fingerprint density at radius 1 is 1.56 bits per heavy atom. The molecule has 2 rings (SSSR count). The summed E-state index contributed by atoms with van der Waals surface area (Å²) in [6.07, 6.45) is 5.18. The van der Waals surface area contributed by atoms with Crippen LogP contribution in [0.4, 0.5) is 5.82 Å². The summed E-state index contributed by atoms with van der Waals surface area (Å²) in [5.74, 6) is 0.400. The minimum Gasteiger partial charge on any atom is -0.366 e. The molecule has 1 aliphatic rings. The molecule has 18 heavy (non-hydrogen) atoms. The maximum atomic E-state index is 12.1. The number of nitrogens with one attached hydrogen (secondary N) is 2. The predicted molar refractivity (Wildman–Crippen MR) is 74.0 cm³/mol. The number of hydrogen-bond donors (Lipinski definition) is 2. The first-order valence-corrected chi connectivity index (χ1v) is 7.83. The summed E-state index contributed by atoms with van der Waals surface area (Å²) in [6, 6.07) is 1.88. The van der Waals surface area contributed by atoms with E-state index in [4.69, 9.17) is 0 Å². The molecule has 0 spiro atoms. The van der Waals surface area contributed by atoms with Gasteiger partial charge >= 0.3 is 0 Å². The van der Waals surface area contributed by atoms with Crippen LogP contribution in [0, 0.1) is 0 Å². The van der Waals surface area contributed by atoms with Crippen LogP contribution in [0.1, 0.15) is 12.8 Å². The Bertz CT molecular complexity index is 555. The number of halogens is 1. The first kappa shape index (κ1) is 13.5. The van der Waals surface area contributed by atoms with Gasteiger partial charge in [0.25, 0.3) is 0 Å². The van der Waals surface area contributed by atoms with Gasteiger partial charge < -0.3 is 5.32 Å². The molecule has 0 aliphatic heterocycles. The van der Waals surface area contributed by atoms with Crippen LogP contribution < -0.4 is 10.0 Å². The molecule has 1 aromatic heterocycles. The quantitative estimate of drug-likeness (QED) is 0.781. The largest absolute Gasteiger partial charge is 0.366 e. The second-order valence-electron chi connectivity index (χ2n) is 4.06. The minimum atomic E-state index is -3.57. The van der Waals surface area contributed by atoms with Gasteiger partial charge in [-0.3, -0.25) is 0 Å². The maximum absolute atomic E-state index is 12.1. The molecule has 0 amide bonds. The molecular formula is C11H14BrN3O2S. The number of anilines is 1. The lowest BCUT2D eigenvalue weighted by Gasteiger charge is -2.11. The van der Waals surface area contributed by atoms with Gasteiger partial charge in [-0.25, -0.2) is 18.1 Å². The highest BCUT2D eigenvalue weighted by Crippen LogP contribution is 2.28. The zero-order chi connectivity index (χ0) is 13.2. The van der Waals surface area contributed by atoms with Crippen LogP contribution in [-0.4, -0.2) is 26.0 Å². The molecule has 98 valence electrons. The van der Waals surface area contributed by atoms with Gasteiger partial charge in [-0.15, -0.1) is 6.58 Å². The number of hydrogen-bond acceptors (Lipinski definition) is 4. The summed E-state index contributed by atoms with van der Waals surface area (Å²) in [4.78, 5) is 4.29. The first-order valence-electron chi connectivity index (χ1n) is 5.55. The van der Waals surface area contributed by atoms with Crippen molar-refractivity contribution in [1.29, 1.82) is 0 Å². The van der Waals surface area contributed by atoms with Crippen LogP contribution >= 0.6 is 15.9 Å². The Morgan fingerprint density at radius 3 is 2.89 bits per heavy atom. The molecule has 0 saturated heterocycles. The molecule has 1 aromatic rings. The van der Waals surface area contributed by atoms with Gasteiger partial charge in [0.2, 0.25) is 10.0 Å². The molecule has 0 unspecified atom stereocenters. The van der Waals surface area contributed by atoms with E-state index >= 15 is 0 Å². The van der Waals surface area contributed by atoms with Crippen LogP contribution in [0.25, 0.3) is 0 Å². The van der Waals surface area contributed by atoms with E-state index < -0.39 is 10.0 Å². The summed E-state index contributed by atoms with van der Waals surface area (Å²) >= 11 is 3.24. The molecule has 0 aromatic carbocycles. The number of pyridine rings is 1. The number of nitrogens with zero attached hydrogens (tertiary/aromatic N) is 1. The summed E-state index contributed by atoms with van der Waals surface area (Å²) in [6.45, 7) is 3.68. The lowest BCUT2D eigenvalue weighted by Crippen LogP contribution is -2.25. The lowest BCUT2D eigenvalue weighted by molar-refractivity contribution is 0.585. The van der Waals surface area contributed by atoms with Crippen LogP contribution in [0.5, 0.6) is 0 Å². The van der Waals surface area contributed by atoms with Gasteiger partial charge in [0.05, 0.1) is 0 Å². The molecule has 0 bridgehead atoms. The molecule has 7 heteroatoms. The van der Waals surface area contributed by atoms with Crippen molar-refractivity contribution in [3.63, 3.8) is 0 Å². The van der Waals surface area contributed by atoms with Crippen molar-refractivity contribution in [2.24, 2.45) is 0 Å². The van der Waals surface area contributed by atoms with E-state index in [-0.39, 0.29) is 11.4 Å². The van der Waals surface area contributed by atoms with Gasteiger partial charge in [-0.1, -0.05) is 6.08 Å². The average molecular weight is 332 g/mol. The Hall–Kier alpha value is -0.920. The highest BCUT2D eigenvalue weighted by molar-refractivity contribution is 9.10. The summed E-state index contributed by atoms with van der Waals surface area (Å²) < 4.78 is 27.3. The molecule has 5 nitrogen and oxygen atoms in total. The Kier molecular flexibility index (Phi) is 4.04. The van der Waals surface area contributed by atoms with Gasteiger partial charge in [-0.05, 0) is 34.8 Å². The fraction of sp³-hybridized carbons (Fsp3) is 0.364. The maximum Gasteiger partial charge on any atom is 0.244 e. The van der Waals surface area contributed by atoms with Crippen molar-refractivity contribution in [2.75, 3.05) is 11.9 Å². The molecular weight excluding hydrogens is 318 g/mol. The zero-order valence-electron chi connectivity index (χ0n) is 9.69. The smallest absolute Gasteiger partial charge is 0.244 e. The predicted octanol–water partition coefficient (Wildman–Crippen LogP) is 1.88. The van der Waals surface area contributed by atoms with E-state index in [0.29, 0.717) is 16.3 Å². The lowest BCUT2D eigenvalue weighted by atomic mass is 10.4. The minimum absolute atomic E-state index is 0.158. The van der Waals surface area contributed by atoms with Gasteiger partial charge in [0, 0.05) is 23.3 Å². The fourth-order valence-electron chi connectivity index (χ4n) is 1.40. The van der Waals surface area contributed by atoms with E-state index in [1.54, 1.807) is 12.3 Å². The van der Waals surface area contributed by atoms with Crippen molar-refractivity contribution in [3.8, 4) is 0 Å². The van der Waals surface area contributed by atoms with Crippen LogP contribution in [0.3, 0.4) is 0 Å². The highest BCUT2D eigenvalue weighted by atomic mass is 79.9. The van der Waals surface area contributed by atoms with Crippen molar-refractivity contribution in [2.45, 2.75) is 23.8 Å². The summed E-state index contributed by atoms with van der Waals surface area (Å²) in [5.41, 5.74) is 0. The molecule has 1 aliphatic carbocycles. The third-order valence-electron chi connectivity index (χ3n) is 2.44. The second-order valence-corrected chi connectivity index (χ2v) is 6.71. The molecule has 0 atom stereocenters. The Balaban J connectivity index is 2.33. The van der Waals surface area contributed by atoms with Crippen molar-refractivity contribution in [1.82, 2.24) is 9.71 Å². The molecule has 0 radical (unpaired) electrons. The topological polar surface area (TPSA) is 71.1 Å². The van der Waals surface area contributed by atoms with E-state index in [2.05, 4.69) is 37.5 Å². The normalized spacial score (nSPS) is 15.4. The Morgan fingerprint density at radius 2 is 2.28 bits per heavy atom. The third kappa shape index (κ3) is 3.30. The number of sulfonamides is 1. The second kappa shape index (κ2) is 5.38. The van der Waals surface area contributed by atoms with Crippen molar-refractivity contribution < 1.29 is 8.42 Å². The Labute approximate surface area is 115 Å². The van der Waals surface area contributed by atoms with E-state index in [0.717, 1.165) is 12.8 Å². The van der Waals surface area contributed by atoms with Gasteiger partial charge in [0.1, 0.15) is 10.7 Å². The SMILES string of the molecule is C=CCNS(=O)(=O)c1cc(Br)cnc1NC1CC1. The number of aromatic nitrogens is 1. The molecule has 2 N–H and O–H groups in total. The molecule has 1 fully saturated rings. The van der Waals surface area contributed by atoms with E-state index in [1.807, 2.05) is 0 Å². The van der Waals surface area contributed by atoms with Crippen molar-refractivity contribution >= 4 is 31.8 Å².